The zero-order valence-electron chi connectivity index (χ0n) is 7.74. The average molecular weight is 173 g/mol. The fourth-order valence-corrected chi connectivity index (χ4v) is 2.84. The third-order valence-corrected chi connectivity index (χ3v) is 3.67. The molecule has 1 nitrogen and oxygen atoms in total. The van der Waals surface area contributed by atoms with E-state index < -0.39 is 0 Å². The van der Waals surface area contributed by atoms with Crippen LogP contribution in [0.5, 0.6) is 0 Å². The van der Waals surface area contributed by atoms with Gasteiger partial charge >= 0.3 is 0 Å². The minimum Gasteiger partial charge on any atom is -0.321 e. The normalized spacial score (nSPS) is 41.6. The Morgan fingerprint density at radius 1 is 1.08 bits per heavy atom. The van der Waals surface area contributed by atoms with Gasteiger partial charge in [0, 0.05) is 5.54 Å². The lowest BCUT2D eigenvalue weighted by Crippen LogP contribution is -2.34. The Morgan fingerprint density at radius 3 is 2.31 bits per heavy atom. The van der Waals surface area contributed by atoms with Gasteiger partial charge in [0.15, 0.2) is 0 Å². The minimum atomic E-state index is 0.00877. The number of fused-ring (bicyclic) bond motifs is 1. The number of benzene rings is 1. The first-order valence-electron chi connectivity index (χ1n) is 5.12. The van der Waals surface area contributed by atoms with Crippen LogP contribution in [0, 0.1) is 11.8 Å². The molecule has 0 aromatic heterocycles. The van der Waals surface area contributed by atoms with Crippen LogP contribution >= 0.6 is 0 Å². The summed E-state index contributed by atoms with van der Waals surface area (Å²) in [6.45, 7) is 0. The van der Waals surface area contributed by atoms with Crippen molar-refractivity contribution in [1.82, 2.24) is 0 Å². The zero-order valence-corrected chi connectivity index (χ0v) is 7.74. The first kappa shape index (κ1) is 7.57. The topological polar surface area (TPSA) is 26.0 Å². The van der Waals surface area contributed by atoms with Crippen molar-refractivity contribution in [2.24, 2.45) is 17.6 Å². The molecule has 0 spiro atoms. The quantitative estimate of drug-likeness (QED) is 0.692. The Bertz CT molecular complexity index is 307. The molecule has 1 aromatic rings. The predicted molar refractivity (Wildman–Crippen MR) is 53.1 cm³/mol. The fourth-order valence-electron chi connectivity index (χ4n) is 2.84. The van der Waals surface area contributed by atoms with Gasteiger partial charge in [-0.1, -0.05) is 30.3 Å². The summed E-state index contributed by atoms with van der Waals surface area (Å²) in [7, 11) is 0. The maximum absolute atomic E-state index is 6.40. The summed E-state index contributed by atoms with van der Waals surface area (Å²) in [6.07, 6.45) is 3.86. The van der Waals surface area contributed by atoms with E-state index >= 15 is 0 Å². The monoisotopic (exact) mass is 173 g/mol. The Balaban J connectivity index is 1.92. The van der Waals surface area contributed by atoms with Crippen molar-refractivity contribution < 1.29 is 0 Å². The van der Waals surface area contributed by atoms with Crippen molar-refractivity contribution in [1.29, 1.82) is 0 Å². The summed E-state index contributed by atoms with van der Waals surface area (Å²) in [4.78, 5) is 0. The largest absolute Gasteiger partial charge is 0.321 e. The average Bonchev–Trinajstić information content (AvgIpc) is 2.77. The van der Waals surface area contributed by atoms with E-state index in [9.17, 15) is 0 Å². The summed E-state index contributed by atoms with van der Waals surface area (Å²) in [5.41, 5.74) is 7.75. The molecule has 0 aliphatic heterocycles. The van der Waals surface area contributed by atoms with Gasteiger partial charge in [-0.15, -0.1) is 0 Å². The second-order valence-electron chi connectivity index (χ2n) is 4.69. The van der Waals surface area contributed by atoms with Gasteiger partial charge in [-0.25, -0.2) is 0 Å². The van der Waals surface area contributed by atoms with Gasteiger partial charge in [0.05, 0.1) is 0 Å². The minimum absolute atomic E-state index is 0.00877. The van der Waals surface area contributed by atoms with E-state index in [1.165, 1.54) is 24.8 Å². The van der Waals surface area contributed by atoms with E-state index in [-0.39, 0.29) is 5.54 Å². The first-order chi connectivity index (χ1) is 6.28. The molecule has 0 heterocycles. The molecule has 2 aliphatic rings. The highest BCUT2D eigenvalue weighted by Crippen LogP contribution is 2.58. The molecule has 3 rings (SSSR count). The number of hydrogen-bond acceptors (Lipinski definition) is 1. The van der Waals surface area contributed by atoms with E-state index in [2.05, 4.69) is 30.3 Å². The maximum Gasteiger partial charge on any atom is 0.0415 e. The Kier molecular flexibility index (Phi) is 1.37. The lowest BCUT2D eigenvalue weighted by Gasteiger charge is -2.26. The van der Waals surface area contributed by atoms with Crippen molar-refractivity contribution in [3.63, 3.8) is 0 Å². The SMILES string of the molecule is NC1(c2ccccc2)CC2CC2C1. The van der Waals surface area contributed by atoms with Crippen molar-refractivity contribution in [3.05, 3.63) is 35.9 Å². The Morgan fingerprint density at radius 2 is 1.69 bits per heavy atom. The molecule has 2 saturated carbocycles. The molecule has 2 aliphatic carbocycles. The molecule has 1 heteroatoms. The highest BCUT2D eigenvalue weighted by molar-refractivity contribution is 5.27. The molecule has 0 amide bonds. The van der Waals surface area contributed by atoms with Crippen LogP contribution in [-0.2, 0) is 5.54 Å². The van der Waals surface area contributed by atoms with E-state index in [0.717, 1.165) is 11.8 Å². The second-order valence-corrected chi connectivity index (χ2v) is 4.69. The van der Waals surface area contributed by atoms with Gasteiger partial charge in [-0.2, -0.15) is 0 Å². The highest BCUT2D eigenvalue weighted by Gasteiger charge is 2.52. The molecule has 2 unspecified atom stereocenters. The Hall–Kier alpha value is -0.820. The van der Waals surface area contributed by atoms with Crippen LogP contribution in [0.3, 0.4) is 0 Å². The standard InChI is InChI=1S/C12H15N/c13-12(7-9-6-10(9)8-12)11-4-2-1-3-5-11/h1-5,9-10H,6-8,13H2. The van der Waals surface area contributed by atoms with Crippen LogP contribution in [0.15, 0.2) is 30.3 Å². The van der Waals surface area contributed by atoms with E-state index in [1.54, 1.807) is 0 Å². The van der Waals surface area contributed by atoms with Gasteiger partial charge in [0.2, 0.25) is 0 Å². The van der Waals surface area contributed by atoms with E-state index in [1.807, 2.05) is 0 Å². The third-order valence-electron chi connectivity index (χ3n) is 3.67. The zero-order chi connectivity index (χ0) is 8.89. The van der Waals surface area contributed by atoms with Gasteiger partial charge in [0.1, 0.15) is 0 Å². The van der Waals surface area contributed by atoms with Crippen molar-refractivity contribution in [3.8, 4) is 0 Å². The molecule has 0 radical (unpaired) electrons. The molecule has 0 saturated heterocycles. The van der Waals surface area contributed by atoms with Crippen LogP contribution in [0.4, 0.5) is 0 Å². The maximum atomic E-state index is 6.40. The van der Waals surface area contributed by atoms with Crippen LogP contribution in [0.1, 0.15) is 24.8 Å². The molecule has 0 bridgehead atoms. The number of hydrogen-bond donors (Lipinski definition) is 1. The van der Waals surface area contributed by atoms with Crippen LogP contribution in [0.25, 0.3) is 0 Å². The lowest BCUT2D eigenvalue weighted by atomic mass is 9.86. The lowest BCUT2D eigenvalue weighted by molar-refractivity contribution is 0.411. The van der Waals surface area contributed by atoms with Gasteiger partial charge in [0.25, 0.3) is 0 Å². The highest BCUT2D eigenvalue weighted by atomic mass is 14.8. The number of nitrogens with two attached hydrogens (primary N) is 1. The van der Waals surface area contributed by atoms with Gasteiger partial charge < -0.3 is 5.73 Å². The van der Waals surface area contributed by atoms with Crippen LogP contribution < -0.4 is 5.73 Å². The van der Waals surface area contributed by atoms with E-state index in [0.29, 0.717) is 0 Å². The number of rotatable bonds is 1. The molecule has 2 N–H and O–H groups in total. The van der Waals surface area contributed by atoms with Crippen LogP contribution in [-0.4, -0.2) is 0 Å². The molecule has 2 atom stereocenters. The Labute approximate surface area is 78.9 Å². The first-order valence-corrected chi connectivity index (χ1v) is 5.12. The summed E-state index contributed by atoms with van der Waals surface area (Å²) < 4.78 is 0. The molecule has 1 aromatic carbocycles. The summed E-state index contributed by atoms with van der Waals surface area (Å²) in [5, 5.41) is 0. The summed E-state index contributed by atoms with van der Waals surface area (Å²) in [6, 6.07) is 10.6. The molecule has 68 valence electrons. The molecule has 13 heavy (non-hydrogen) atoms. The van der Waals surface area contributed by atoms with Crippen molar-refractivity contribution >= 4 is 0 Å². The van der Waals surface area contributed by atoms with Crippen molar-refractivity contribution in [2.45, 2.75) is 24.8 Å². The van der Waals surface area contributed by atoms with E-state index in [4.69, 9.17) is 5.73 Å². The predicted octanol–water partition coefficient (Wildman–Crippen LogP) is 2.27. The summed E-state index contributed by atoms with van der Waals surface area (Å²) >= 11 is 0. The van der Waals surface area contributed by atoms with Crippen molar-refractivity contribution in [2.75, 3.05) is 0 Å². The van der Waals surface area contributed by atoms with Crippen LogP contribution in [0.2, 0.25) is 0 Å². The van der Waals surface area contributed by atoms with Gasteiger partial charge in [-0.05, 0) is 36.7 Å². The van der Waals surface area contributed by atoms with Gasteiger partial charge in [-0.3, -0.25) is 0 Å². The molecular formula is C12H15N. The third kappa shape index (κ3) is 1.11. The summed E-state index contributed by atoms with van der Waals surface area (Å²) in [5.74, 6) is 1.90. The smallest absolute Gasteiger partial charge is 0.0415 e. The molecule has 2 fully saturated rings. The second kappa shape index (κ2) is 2.36. The molecular weight excluding hydrogens is 158 g/mol. The fraction of sp³-hybridized carbons (Fsp3) is 0.500.